The molecule has 0 bridgehead atoms. The standard InChI is InChI=1S/C41H43ClN6O5/c1-24(49)20-44-21-29-22-45-35(18-32(29)27-12-13-27)38(50)47-41(14-7-9-30(25(41)2)31-8-3-4-10-33(31)42)40-46-34-17-26(16-28(19-43)37(34)53-40)23-48-15-6-5-11-36(48)39(51)52/h3-4,7-10,14,16-18,22,24-25,27,36,44,49H,5-6,11-13,15,20-21,23H2,1-2H3,(H,47,50)(H,51,52)/t24?,25?,36-,41?/m0/s1. The zero-order valence-electron chi connectivity index (χ0n) is 29.8. The van der Waals surface area contributed by atoms with Crippen LogP contribution in [0.2, 0.25) is 5.02 Å². The number of halogens is 1. The van der Waals surface area contributed by atoms with Crippen LogP contribution in [-0.4, -0.2) is 62.2 Å². The number of benzene rings is 2. The summed E-state index contributed by atoms with van der Waals surface area (Å²) in [5, 5.41) is 36.9. The fourth-order valence-electron chi connectivity index (χ4n) is 7.67. The normalized spacial score (nSPS) is 22.3. The Kier molecular flexibility index (Phi) is 10.5. The smallest absolute Gasteiger partial charge is 0.320 e. The van der Waals surface area contributed by atoms with E-state index >= 15 is 0 Å². The van der Waals surface area contributed by atoms with Crippen molar-refractivity contribution < 1.29 is 24.2 Å². The molecule has 3 heterocycles. The number of fused-ring (bicyclic) bond motifs is 1. The molecule has 1 amide bonds. The number of hydrogen-bond donors (Lipinski definition) is 4. The predicted octanol–water partition coefficient (Wildman–Crippen LogP) is 6.45. The number of carboxylic acid groups (broad SMARTS) is 1. The number of hydrogen-bond acceptors (Lipinski definition) is 9. The summed E-state index contributed by atoms with van der Waals surface area (Å²) in [5.74, 6) is -1.17. The molecule has 2 aliphatic carbocycles. The first-order chi connectivity index (χ1) is 25.6. The highest BCUT2D eigenvalue weighted by Gasteiger charge is 2.46. The molecule has 3 unspecified atom stereocenters. The van der Waals surface area contributed by atoms with Gasteiger partial charge in [0, 0.05) is 36.8 Å². The van der Waals surface area contributed by atoms with Crippen LogP contribution in [0.15, 0.2) is 71.3 Å². The number of nitrogens with one attached hydrogen (secondary N) is 2. The van der Waals surface area contributed by atoms with E-state index in [4.69, 9.17) is 21.0 Å². The fourth-order valence-corrected chi connectivity index (χ4v) is 7.91. The highest BCUT2D eigenvalue weighted by molar-refractivity contribution is 6.32. The van der Waals surface area contributed by atoms with Crippen LogP contribution in [0.5, 0.6) is 0 Å². The van der Waals surface area contributed by atoms with Crippen LogP contribution in [0.4, 0.5) is 0 Å². The number of amides is 1. The lowest BCUT2D eigenvalue weighted by atomic mass is 9.74. The van der Waals surface area contributed by atoms with Gasteiger partial charge in [-0.1, -0.05) is 55.3 Å². The number of nitriles is 1. The minimum absolute atomic E-state index is 0.193. The fraction of sp³-hybridized carbons (Fsp3) is 0.390. The van der Waals surface area contributed by atoms with Gasteiger partial charge in [-0.2, -0.15) is 5.26 Å². The minimum Gasteiger partial charge on any atom is -0.480 e. The van der Waals surface area contributed by atoms with E-state index in [1.807, 2.05) is 66.4 Å². The number of aliphatic hydroxyl groups excluding tert-OH is 1. The van der Waals surface area contributed by atoms with Crippen molar-refractivity contribution >= 4 is 40.2 Å². The van der Waals surface area contributed by atoms with Crippen molar-refractivity contribution in [2.45, 2.75) is 82.6 Å². The van der Waals surface area contributed by atoms with Crippen molar-refractivity contribution in [2.75, 3.05) is 13.1 Å². The summed E-state index contributed by atoms with van der Waals surface area (Å²) in [6, 6.07) is 14.6. The summed E-state index contributed by atoms with van der Waals surface area (Å²) in [6.45, 7) is 5.68. The third kappa shape index (κ3) is 7.50. The summed E-state index contributed by atoms with van der Waals surface area (Å²) in [4.78, 5) is 37.9. The minimum atomic E-state index is -1.31. The summed E-state index contributed by atoms with van der Waals surface area (Å²) in [5.41, 5.74) is 4.40. The van der Waals surface area contributed by atoms with Gasteiger partial charge < -0.3 is 25.3 Å². The predicted molar refractivity (Wildman–Crippen MR) is 201 cm³/mol. The van der Waals surface area contributed by atoms with Crippen molar-refractivity contribution in [3.05, 3.63) is 111 Å². The second kappa shape index (κ2) is 15.2. The maximum Gasteiger partial charge on any atom is 0.320 e. The van der Waals surface area contributed by atoms with Gasteiger partial charge in [0.25, 0.3) is 5.91 Å². The van der Waals surface area contributed by atoms with E-state index in [2.05, 4.69) is 21.7 Å². The van der Waals surface area contributed by atoms with Crippen LogP contribution in [0, 0.1) is 17.2 Å². The second-order valence-corrected chi connectivity index (χ2v) is 14.9. The maximum atomic E-state index is 14.4. The highest BCUT2D eigenvalue weighted by Crippen LogP contribution is 2.45. The van der Waals surface area contributed by atoms with E-state index in [1.54, 1.807) is 19.2 Å². The number of carbonyl (C=O) groups excluding carboxylic acids is 1. The van der Waals surface area contributed by atoms with Gasteiger partial charge in [-0.05, 0) is 103 Å². The number of nitrogens with zero attached hydrogens (tertiary/aromatic N) is 4. The van der Waals surface area contributed by atoms with Crippen LogP contribution in [0.25, 0.3) is 16.7 Å². The average Bonchev–Trinajstić information content (AvgIpc) is 3.90. The number of aromatic nitrogens is 2. The van der Waals surface area contributed by atoms with Crippen molar-refractivity contribution in [1.82, 2.24) is 25.5 Å². The topological polar surface area (TPSA) is 165 Å². The first-order valence-corrected chi connectivity index (χ1v) is 18.6. The Bertz CT molecular complexity index is 2150. The van der Waals surface area contributed by atoms with Gasteiger partial charge in [-0.3, -0.25) is 19.5 Å². The Hall–Kier alpha value is -4.86. The largest absolute Gasteiger partial charge is 0.480 e. The molecule has 4 N–H and O–H groups in total. The van der Waals surface area contributed by atoms with Gasteiger partial charge in [-0.15, -0.1) is 0 Å². The Morgan fingerprint density at radius 2 is 2.00 bits per heavy atom. The van der Waals surface area contributed by atoms with E-state index < -0.39 is 35.5 Å². The molecular formula is C41H43ClN6O5. The number of aliphatic hydroxyl groups is 1. The second-order valence-electron chi connectivity index (χ2n) is 14.5. The number of carbonyl (C=O) groups is 2. The van der Waals surface area contributed by atoms with Crippen LogP contribution in [0.3, 0.4) is 0 Å². The summed E-state index contributed by atoms with van der Waals surface area (Å²) in [6.07, 6.45) is 11.3. The molecule has 11 nitrogen and oxygen atoms in total. The van der Waals surface area contributed by atoms with E-state index in [0.29, 0.717) is 49.1 Å². The van der Waals surface area contributed by atoms with Gasteiger partial charge in [0.2, 0.25) is 5.89 Å². The first kappa shape index (κ1) is 36.5. The number of piperidine rings is 1. The summed E-state index contributed by atoms with van der Waals surface area (Å²) in [7, 11) is 0. The van der Waals surface area contributed by atoms with Gasteiger partial charge >= 0.3 is 5.97 Å². The van der Waals surface area contributed by atoms with Gasteiger partial charge in [0.15, 0.2) is 5.58 Å². The Morgan fingerprint density at radius 3 is 2.74 bits per heavy atom. The molecule has 53 heavy (non-hydrogen) atoms. The van der Waals surface area contributed by atoms with Crippen molar-refractivity contribution in [3.8, 4) is 6.07 Å². The molecule has 1 saturated heterocycles. The van der Waals surface area contributed by atoms with Gasteiger partial charge in [0.05, 0.1) is 11.7 Å². The van der Waals surface area contributed by atoms with Gasteiger partial charge in [-0.25, -0.2) is 4.98 Å². The third-order valence-corrected chi connectivity index (χ3v) is 11.0. The molecule has 12 heteroatoms. The molecule has 1 saturated carbocycles. The number of allylic oxidation sites excluding steroid dienone is 2. The number of rotatable bonds is 12. The molecule has 2 aromatic heterocycles. The Labute approximate surface area is 313 Å². The number of likely N-dealkylation sites (tertiary alicyclic amines) is 1. The van der Waals surface area contributed by atoms with E-state index in [1.165, 1.54) is 0 Å². The van der Waals surface area contributed by atoms with Crippen molar-refractivity contribution in [1.29, 1.82) is 5.26 Å². The molecule has 4 atom stereocenters. The molecule has 1 aliphatic heterocycles. The Morgan fingerprint density at radius 1 is 1.19 bits per heavy atom. The highest BCUT2D eigenvalue weighted by atomic mass is 35.5. The molecular weight excluding hydrogens is 692 g/mol. The number of carboxylic acids is 1. The summed E-state index contributed by atoms with van der Waals surface area (Å²) < 4.78 is 6.50. The van der Waals surface area contributed by atoms with Crippen LogP contribution < -0.4 is 10.6 Å². The molecule has 274 valence electrons. The van der Waals surface area contributed by atoms with Crippen LogP contribution in [-0.2, 0) is 23.4 Å². The molecule has 7 rings (SSSR count). The zero-order valence-corrected chi connectivity index (χ0v) is 30.6. The lowest BCUT2D eigenvalue weighted by Crippen LogP contribution is -2.50. The Balaban J connectivity index is 1.28. The molecule has 0 spiro atoms. The molecule has 2 aromatic carbocycles. The SMILES string of the molecule is CC(O)CNCc1cnc(C(=O)NC2(c3nc4cc(CN5CCCC[C@H]5C(=O)O)cc(C#N)c4o3)C=CC=C(c3ccccc3Cl)C2C)cc1C1CC1. The zero-order chi connectivity index (χ0) is 37.3. The first-order valence-electron chi connectivity index (χ1n) is 18.2. The van der Waals surface area contributed by atoms with E-state index in [0.717, 1.165) is 53.5 Å². The van der Waals surface area contributed by atoms with Crippen molar-refractivity contribution in [2.24, 2.45) is 5.92 Å². The molecule has 2 fully saturated rings. The van der Waals surface area contributed by atoms with Gasteiger partial charge in [0.1, 0.15) is 28.9 Å². The molecule has 3 aliphatic rings. The molecule has 4 aromatic rings. The third-order valence-electron chi connectivity index (χ3n) is 10.6. The number of pyridine rings is 1. The van der Waals surface area contributed by atoms with Crippen LogP contribution in [0.1, 0.15) is 96.1 Å². The van der Waals surface area contributed by atoms with Crippen LogP contribution >= 0.6 is 11.6 Å². The lowest BCUT2D eigenvalue weighted by Gasteiger charge is -2.38. The van der Waals surface area contributed by atoms with E-state index in [9.17, 15) is 25.1 Å². The average molecular weight is 735 g/mol. The molecule has 0 radical (unpaired) electrons. The van der Waals surface area contributed by atoms with Crippen molar-refractivity contribution in [3.63, 3.8) is 0 Å². The van der Waals surface area contributed by atoms with E-state index in [-0.39, 0.29) is 22.7 Å². The number of oxazole rings is 1. The monoisotopic (exact) mass is 734 g/mol. The quantitative estimate of drug-likeness (QED) is 0.127. The number of aliphatic carboxylic acids is 1. The maximum absolute atomic E-state index is 14.4. The lowest BCUT2D eigenvalue weighted by molar-refractivity contribution is -0.144. The summed E-state index contributed by atoms with van der Waals surface area (Å²) >= 11 is 6.72.